The Labute approximate surface area is 149 Å². The van der Waals surface area contributed by atoms with Crippen molar-refractivity contribution in [3.05, 3.63) is 78.9 Å². The number of nitrogen functional groups attached to an aromatic ring is 1. The minimum atomic E-state index is -0.346. The fourth-order valence-corrected chi connectivity index (χ4v) is 2.59. The summed E-state index contributed by atoms with van der Waals surface area (Å²) in [5.41, 5.74) is 9.16. The molecule has 7 nitrogen and oxygen atoms in total. The molecule has 4 rings (SSSR count). The van der Waals surface area contributed by atoms with Gasteiger partial charge in [0.2, 0.25) is 0 Å². The minimum Gasteiger partial charge on any atom is -0.380 e. The van der Waals surface area contributed by atoms with Gasteiger partial charge in [-0.25, -0.2) is 9.67 Å². The fourth-order valence-electron chi connectivity index (χ4n) is 2.59. The highest BCUT2D eigenvalue weighted by molar-refractivity contribution is 6.04. The first-order valence-corrected chi connectivity index (χ1v) is 8.03. The van der Waals surface area contributed by atoms with E-state index in [2.05, 4.69) is 20.4 Å². The van der Waals surface area contributed by atoms with Gasteiger partial charge in [0.05, 0.1) is 17.6 Å². The van der Waals surface area contributed by atoms with Gasteiger partial charge in [-0.2, -0.15) is 0 Å². The predicted molar refractivity (Wildman–Crippen MR) is 100.0 cm³/mol. The van der Waals surface area contributed by atoms with Gasteiger partial charge in [0.25, 0.3) is 5.91 Å². The number of aromatic amines is 1. The van der Waals surface area contributed by atoms with Crippen molar-refractivity contribution in [1.82, 2.24) is 19.7 Å². The lowest BCUT2D eigenvalue weighted by Crippen LogP contribution is -2.14. The van der Waals surface area contributed by atoms with Crippen LogP contribution in [-0.2, 0) is 0 Å². The lowest BCUT2D eigenvalue weighted by molar-refractivity contribution is 0.102. The van der Waals surface area contributed by atoms with Crippen LogP contribution in [0.4, 0.5) is 11.5 Å². The van der Waals surface area contributed by atoms with Gasteiger partial charge in [0.1, 0.15) is 11.4 Å². The Morgan fingerprint density at radius 2 is 1.92 bits per heavy atom. The molecule has 0 bridgehead atoms. The molecule has 0 aliphatic rings. The number of carbonyl (C=O) groups excluding carboxylic acids is 1. The van der Waals surface area contributed by atoms with E-state index in [4.69, 9.17) is 5.73 Å². The number of anilines is 2. The Morgan fingerprint density at radius 3 is 2.69 bits per heavy atom. The second kappa shape index (κ2) is 6.56. The first-order chi connectivity index (χ1) is 12.7. The lowest BCUT2D eigenvalue weighted by Gasteiger charge is -2.04. The van der Waals surface area contributed by atoms with Gasteiger partial charge in [-0.05, 0) is 30.3 Å². The number of aromatic nitrogens is 4. The second-order valence-corrected chi connectivity index (χ2v) is 5.67. The molecule has 0 unspecified atom stereocenters. The molecule has 0 aliphatic heterocycles. The van der Waals surface area contributed by atoms with Crippen LogP contribution in [0.15, 0.2) is 73.2 Å². The van der Waals surface area contributed by atoms with E-state index >= 15 is 0 Å². The molecule has 4 N–H and O–H groups in total. The summed E-state index contributed by atoms with van der Waals surface area (Å²) in [5.74, 6) is -0.106. The van der Waals surface area contributed by atoms with Crippen LogP contribution in [0.25, 0.3) is 16.9 Å². The molecule has 3 aromatic heterocycles. The number of nitrogens with zero attached hydrogens (tertiary/aromatic N) is 3. The Hall–Kier alpha value is -3.87. The normalized spacial score (nSPS) is 10.6. The number of rotatable bonds is 4. The van der Waals surface area contributed by atoms with Crippen LogP contribution < -0.4 is 11.1 Å². The number of hydrogen-bond donors (Lipinski definition) is 3. The molecule has 0 radical (unpaired) electrons. The molecule has 4 aromatic rings. The van der Waals surface area contributed by atoms with Gasteiger partial charge in [-0.3, -0.25) is 4.79 Å². The van der Waals surface area contributed by atoms with Crippen LogP contribution in [0, 0.1) is 0 Å². The summed E-state index contributed by atoms with van der Waals surface area (Å²) in [6, 6.07) is 16.7. The Balaban J connectivity index is 1.57. The molecule has 0 aliphatic carbocycles. The summed E-state index contributed by atoms with van der Waals surface area (Å²) in [6.45, 7) is 0. The smallest absolute Gasteiger partial charge is 0.274 e. The first kappa shape index (κ1) is 15.6. The fraction of sp³-hybridized carbons (Fsp3) is 0. The third-order valence-electron chi connectivity index (χ3n) is 3.89. The van der Waals surface area contributed by atoms with Crippen molar-refractivity contribution < 1.29 is 4.79 Å². The topological polar surface area (TPSA) is 102 Å². The molecule has 0 saturated heterocycles. The van der Waals surface area contributed by atoms with Crippen molar-refractivity contribution in [1.29, 1.82) is 0 Å². The SMILES string of the molecule is Nc1nn(-c2ccccc2)cc1NC(=O)c1cccc(-c2cc[nH]c2)n1. The van der Waals surface area contributed by atoms with Crippen molar-refractivity contribution in [3.63, 3.8) is 0 Å². The maximum absolute atomic E-state index is 12.6. The summed E-state index contributed by atoms with van der Waals surface area (Å²) in [4.78, 5) is 19.9. The molecule has 26 heavy (non-hydrogen) atoms. The van der Waals surface area contributed by atoms with Crippen LogP contribution in [0.5, 0.6) is 0 Å². The Morgan fingerprint density at radius 1 is 1.08 bits per heavy atom. The van der Waals surface area contributed by atoms with Crippen molar-refractivity contribution in [2.75, 3.05) is 11.1 Å². The van der Waals surface area contributed by atoms with Crippen LogP contribution in [0.3, 0.4) is 0 Å². The van der Waals surface area contributed by atoms with Crippen molar-refractivity contribution >= 4 is 17.4 Å². The molecule has 1 amide bonds. The molecular formula is C19H16N6O. The Kier molecular flexibility index (Phi) is 3.95. The van der Waals surface area contributed by atoms with Gasteiger partial charge in [0, 0.05) is 18.0 Å². The zero-order valence-electron chi connectivity index (χ0n) is 13.8. The summed E-state index contributed by atoms with van der Waals surface area (Å²) in [5, 5.41) is 7.01. The number of H-pyrrole nitrogens is 1. The van der Waals surface area contributed by atoms with Crippen LogP contribution in [0.1, 0.15) is 10.5 Å². The van der Waals surface area contributed by atoms with E-state index in [-0.39, 0.29) is 11.7 Å². The maximum Gasteiger partial charge on any atom is 0.274 e. The monoisotopic (exact) mass is 344 g/mol. The zero-order valence-corrected chi connectivity index (χ0v) is 13.8. The Bertz CT molecular complexity index is 1040. The molecule has 7 heteroatoms. The van der Waals surface area contributed by atoms with E-state index in [0.29, 0.717) is 17.1 Å². The average Bonchev–Trinajstić information content (AvgIpc) is 3.33. The van der Waals surface area contributed by atoms with Crippen LogP contribution in [-0.4, -0.2) is 25.7 Å². The highest BCUT2D eigenvalue weighted by Crippen LogP contribution is 2.21. The number of carbonyl (C=O) groups is 1. The highest BCUT2D eigenvalue weighted by Gasteiger charge is 2.14. The number of pyridine rings is 1. The lowest BCUT2D eigenvalue weighted by atomic mass is 10.2. The third kappa shape index (κ3) is 3.05. The quantitative estimate of drug-likeness (QED) is 0.529. The molecule has 1 aromatic carbocycles. The largest absolute Gasteiger partial charge is 0.380 e. The third-order valence-corrected chi connectivity index (χ3v) is 3.89. The van der Waals surface area contributed by atoms with E-state index < -0.39 is 0 Å². The van der Waals surface area contributed by atoms with E-state index in [0.717, 1.165) is 11.3 Å². The number of para-hydroxylation sites is 1. The van der Waals surface area contributed by atoms with Gasteiger partial charge in [-0.1, -0.05) is 24.3 Å². The molecular weight excluding hydrogens is 328 g/mol. The molecule has 0 atom stereocenters. The first-order valence-electron chi connectivity index (χ1n) is 8.03. The number of benzene rings is 1. The number of nitrogens with two attached hydrogens (primary N) is 1. The highest BCUT2D eigenvalue weighted by atomic mass is 16.1. The van der Waals surface area contributed by atoms with Crippen molar-refractivity contribution in [2.45, 2.75) is 0 Å². The second-order valence-electron chi connectivity index (χ2n) is 5.67. The number of hydrogen-bond acceptors (Lipinski definition) is 4. The van der Waals surface area contributed by atoms with E-state index in [9.17, 15) is 4.79 Å². The van der Waals surface area contributed by atoms with Gasteiger partial charge in [-0.15, -0.1) is 5.10 Å². The van der Waals surface area contributed by atoms with Gasteiger partial charge in [0.15, 0.2) is 5.82 Å². The molecule has 0 saturated carbocycles. The van der Waals surface area contributed by atoms with E-state index in [1.54, 1.807) is 23.0 Å². The zero-order chi connectivity index (χ0) is 17.9. The van der Waals surface area contributed by atoms with E-state index in [1.807, 2.05) is 54.9 Å². The standard InChI is InChI=1S/C19H16N6O/c20-18-17(12-25(24-18)14-5-2-1-3-6-14)23-19(26)16-8-4-7-15(22-16)13-9-10-21-11-13/h1-12,21H,(H2,20,24)(H,23,26). The van der Waals surface area contributed by atoms with Gasteiger partial charge >= 0.3 is 0 Å². The predicted octanol–water partition coefficient (Wildman–Crippen LogP) is 3.10. The van der Waals surface area contributed by atoms with Crippen molar-refractivity contribution in [2.24, 2.45) is 0 Å². The van der Waals surface area contributed by atoms with E-state index in [1.165, 1.54) is 0 Å². The van der Waals surface area contributed by atoms with Crippen molar-refractivity contribution in [3.8, 4) is 16.9 Å². The summed E-state index contributed by atoms with van der Waals surface area (Å²) in [6.07, 6.45) is 5.31. The molecule has 0 fully saturated rings. The van der Waals surface area contributed by atoms with Crippen LogP contribution >= 0.6 is 0 Å². The summed E-state index contributed by atoms with van der Waals surface area (Å²) < 4.78 is 1.62. The molecule has 128 valence electrons. The molecule has 3 heterocycles. The molecule has 0 spiro atoms. The van der Waals surface area contributed by atoms with Gasteiger partial charge < -0.3 is 16.0 Å². The summed E-state index contributed by atoms with van der Waals surface area (Å²) in [7, 11) is 0. The van der Waals surface area contributed by atoms with Crippen LogP contribution in [0.2, 0.25) is 0 Å². The average molecular weight is 344 g/mol. The maximum atomic E-state index is 12.6. The number of nitrogens with one attached hydrogen (secondary N) is 2. The number of amides is 1. The minimum absolute atomic E-state index is 0.240. The summed E-state index contributed by atoms with van der Waals surface area (Å²) >= 11 is 0.